The van der Waals surface area contributed by atoms with Gasteiger partial charge in [0, 0.05) is 6.42 Å². The van der Waals surface area contributed by atoms with Gasteiger partial charge >= 0.3 is 0 Å². The molecular formula is C19H23N3O2. The molecule has 0 saturated carbocycles. The van der Waals surface area contributed by atoms with E-state index < -0.39 is 11.9 Å². The molecule has 0 bridgehead atoms. The van der Waals surface area contributed by atoms with E-state index in [0.717, 1.165) is 35.7 Å². The number of hydrogen-bond acceptors (Lipinski definition) is 3. The summed E-state index contributed by atoms with van der Waals surface area (Å²) in [4.78, 5) is 26.2. The first-order valence-electron chi connectivity index (χ1n) is 8.32. The van der Waals surface area contributed by atoms with Crippen LogP contribution in [-0.4, -0.2) is 42.4 Å². The predicted octanol–water partition coefficient (Wildman–Crippen LogP) is 1.45. The van der Waals surface area contributed by atoms with Gasteiger partial charge in [0.05, 0.1) is 6.04 Å². The number of carbonyl (C=O) groups is 2. The average molecular weight is 325 g/mol. The van der Waals surface area contributed by atoms with E-state index >= 15 is 0 Å². The Balaban J connectivity index is 1.73. The molecule has 2 amide bonds. The molecule has 0 spiro atoms. The molecule has 1 heterocycles. The van der Waals surface area contributed by atoms with Gasteiger partial charge in [0.1, 0.15) is 6.04 Å². The zero-order valence-corrected chi connectivity index (χ0v) is 13.9. The Hall–Kier alpha value is -2.40. The topological polar surface area (TPSA) is 75.4 Å². The number of carbonyl (C=O) groups excluding carboxylic acids is 2. The lowest BCUT2D eigenvalue weighted by molar-refractivity contribution is -0.129. The number of rotatable bonds is 5. The molecule has 5 heteroatoms. The minimum atomic E-state index is -0.687. The summed E-state index contributed by atoms with van der Waals surface area (Å²) in [5, 5.41) is 5.09. The van der Waals surface area contributed by atoms with Crippen molar-refractivity contribution in [1.29, 1.82) is 0 Å². The molecule has 0 aliphatic carbocycles. The summed E-state index contributed by atoms with van der Waals surface area (Å²) in [5.74, 6) is -0.614. The highest BCUT2D eigenvalue weighted by Gasteiger charge is 2.30. The Morgan fingerprint density at radius 3 is 2.67 bits per heavy atom. The molecule has 2 atom stereocenters. The van der Waals surface area contributed by atoms with Gasteiger partial charge in [-0.25, -0.2) is 0 Å². The van der Waals surface area contributed by atoms with Crippen LogP contribution in [0.25, 0.3) is 10.8 Å². The second-order valence-electron chi connectivity index (χ2n) is 6.49. The minimum Gasteiger partial charge on any atom is -0.368 e. The Bertz CT molecular complexity index is 759. The van der Waals surface area contributed by atoms with Crippen molar-refractivity contribution < 1.29 is 9.59 Å². The number of nitrogens with two attached hydrogens (primary N) is 1. The molecule has 2 aromatic rings. The Labute approximate surface area is 141 Å². The van der Waals surface area contributed by atoms with Crippen molar-refractivity contribution in [3.8, 4) is 0 Å². The molecule has 3 N–H and O–H groups in total. The summed E-state index contributed by atoms with van der Waals surface area (Å²) in [5.41, 5.74) is 6.50. The molecule has 3 rings (SSSR count). The summed E-state index contributed by atoms with van der Waals surface area (Å²) in [6, 6.07) is 13.2. The third kappa shape index (κ3) is 3.57. The average Bonchev–Trinajstić information content (AvgIpc) is 3.00. The highest BCUT2D eigenvalue weighted by molar-refractivity contribution is 5.89. The number of fused-ring (bicyclic) bond motifs is 1. The fourth-order valence-corrected chi connectivity index (χ4v) is 3.33. The van der Waals surface area contributed by atoms with Gasteiger partial charge in [-0.3, -0.25) is 14.5 Å². The largest absolute Gasteiger partial charge is 0.368 e. The predicted molar refractivity (Wildman–Crippen MR) is 94.4 cm³/mol. The van der Waals surface area contributed by atoms with Gasteiger partial charge in [-0.15, -0.1) is 0 Å². The van der Waals surface area contributed by atoms with Crippen molar-refractivity contribution in [2.45, 2.75) is 31.3 Å². The van der Waals surface area contributed by atoms with Gasteiger partial charge in [-0.1, -0.05) is 42.5 Å². The second kappa shape index (κ2) is 7.01. The second-order valence-corrected chi connectivity index (χ2v) is 6.49. The Kier molecular flexibility index (Phi) is 4.81. The van der Waals surface area contributed by atoms with Crippen LogP contribution in [0, 0.1) is 0 Å². The van der Waals surface area contributed by atoms with Crippen molar-refractivity contribution >= 4 is 22.6 Å². The van der Waals surface area contributed by atoms with Crippen molar-refractivity contribution in [1.82, 2.24) is 10.2 Å². The molecule has 1 saturated heterocycles. The van der Waals surface area contributed by atoms with Crippen LogP contribution >= 0.6 is 0 Å². The lowest BCUT2D eigenvalue weighted by atomic mass is 10.0. The van der Waals surface area contributed by atoms with Crippen LogP contribution in [0.2, 0.25) is 0 Å². The van der Waals surface area contributed by atoms with Gasteiger partial charge < -0.3 is 11.1 Å². The van der Waals surface area contributed by atoms with Crippen LogP contribution in [0.3, 0.4) is 0 Å². The molecule has 1 fully saturated rings. The quantitative estimate of drug-likeness (QED) is 0.873. The summed E-state index contributed by atoms with van der Waals surface area (Å²) < 4.78 is 0. The molecule has 1 unspecified atom stereocenters. The number of likely N-dealkylation sites (tertiary alicyclic amines) is 1. The summed E-state index contributed by atoms with van der Waals surface area (Å²) in [6.07, 6.45) is 2.23. The molecule has 126 valence electrons. The highest BCUT2D eigenvalue weighted by atomic mass is 16.2. The Morgan fingerprint density at radius 1 is 1.25 bits per heavy atom. The van der Waals surface area contributed by atoms with E-state index in [2.05, 4.69) is 5.32 Å². The smallest absolute Gasteiger partial charge is 0.240 e. The van der Waals surface area contributed by atoms with Crippen molar-refractivity contribution in [3.63, 3.8) is 0 Å². The molecule has 0 radical (unpaired) electrons. The van der Waals surface area contributed by atoms with Gasteiger partial charge in [0.25, 0.3) is 0 Å². The molecular weight excluding hydrogens is 302 g/mol. The summed E-state index contributed by atoms with van der Waals surface area (Å²) >= 11 is 0. The first-order valence-corrected chi connectivity index (χ1v) is 8.32. The first kappa shape index (κ1) is 16.5. The monoisotopic (exact) mass is 325 g/mol. The lowest BCUT2D eigenvalue weighted by Crippen LogP contribution is -2.51. The van der Waals surface area contributed by atoms with E-state index in [9.17, 15) is 9.59 Å². The maximum Gasteiger partial charge on any atom is 0.240 e. The standard InChI is InChI=1S/C19H23N3O2/c1-22-10-4-7-17(22)19(24)21-16(18(20)23)12-13-8-9-14-5-2-3-6-15(14)11-13/h2-3,5-6,8-9,11,16-17H,4,7,10,12H2,1H3,(H2,20,23)(H,21,24)/t16?,17-/m0/s1. The number of likely N-dealkylation sites (N-methyl/N-ethyl adjacent to an activating group) is 1. The summed E-state index contributed by atoms with van der Waals surface area (Å²) in [7, 11) is 1.93. The van der Waals surface area contributed by atoms with Crippen LogP contribution in [-0.2, 0) is 16.0 Å². The van der Waals surface area contributed by atoms with Crippen LogP contribution in [0.15, 0.2) is 42.5 Å². The molecule has 24 heavy (non-hydrogen) atoms. The van der Waals surface area contributed by atoms with Gasteiger partial charge in [0.15, 0.2) is 0 Å². The molecule has 1 aliphatic rings. The van der Waals surface area contributed by atoms with Crippen molar-refractivity contribution in [3.05, 3.63) is 48.0 Å². The van der Waals surface area contributed by atoms with Crippen LogP contribution in [0.4, 0.5) is 0 Å². The van der Waals surface area contributed by atoms with E-state index in [1.165, 1.54) is 0 Å². The zero-order chi connectivity index (χ0) is 17.1. The number of benzene rings is 2. The lowest BCUT2D eigenvalue weighted by Gasteiger charge is -2.22. The highest BCUT2D eigenvalue weighted by Crippen LogP contribution is 2.18. The maximum absolute atomic E-state index is 12.4. The number of primary amides is 1. The van der Waals surface area contributed by atoms with Gasteiger partial charge in [-0.2, -0.15) is 0 Å². The molecule has 5 nitrogen and oxygen atoms in total. The van der Waals surface area contributed by atoms with Crippen molar-refractivity contribution in [2.75, 3.05) is 13.6 Å². The zero-order valence-electron chi connectivity index (χ0n) is 13.9. The fourth-order valence-electron chi connectivity index (χ4n) is 3.33. The number of nitrogens with zero attached hydrogens (tertiary/aromatic N) is 1. The normalized spacial score (nSPS) is 19.3. The minimum absolute atomic E-state index is 0.111. The van der Waals surface area contributed by atoms with E-state index in [4.69, 9.17) is 5.73 Å². The number of nitrogens with one attached hydrogen (secondary N) is 1. The third-order valence-corrected chi connectivity index (χ3v) is 4.74. The summed E-state index contributed by atoms with van der Waals surface area (Å²) in [6.45, 7) is 0.907. The SMILES string of the molecule is CN1CCC[C@H]1C(=O)NC(Cc1ccc2ccccc2c1)C(N)=O. The Morgan fingerprint density at radius 2 is 2.00 bits per heavy atom. The fraction of sp³-hybridized carbons (Fsp3) is 0.368. The number of hydrogen-bond donors (Lipinski definition) is 2. The van der Waals surface area contributed by atoms with Crippen molar-refractivity contribution in [2.24, 2.45) is 5.73 Å². The van der Waals surface area contributed by atoms with Crippen LogP contribution < -0.4 is 11.1 Å². The number of amides is 2. The van der Waals surface area contributed by atoms with E-state index in [0.29, 0.717) is 6.42 Å². The molecule has 0 aromatic heterocycles. The van der Waals surface area contributed by atoms with Gasteiger partial charge in [0.2, 0.25) is 11.8 Å². The van der Waals surface area contributed by atoms with Gasteiger partial charge in [-0.05, 0) is 42.8 Å². The van der Waals surface area contributed by atoms with E-state index in [1.54, 1.807) is 0 Å². The molecule has 1 aliphatic heterocycles. The first-order chi connectivity index (χ1) is 11.5. The maximum atomic E-state index is 12.4. The third-order valence-electron chi connectivity index (χ3n) is 4.74. The molecule has 2 aromatic carbocycles. The van der Waals surface area contributed by atoms with E-state index in [-0.39, 0.29) is 11.9 Å². The van der Waals surface area contributed by atoms with E-state index in [1.807, 2.05) is 54.4 Å². The van der Waals surface area contributed by atoms with Crippen LogP contribution in [0.5, 0.6) is 0 Å². The van der Waals surface area contributed by atoms with Crippen LogP contribution in [0.1, 0.15) is 18.4 Å².